The number of benzene rings is 1. The van der Waals surface area contributed by atoms with Crippen molar-refractivity contribution >= 4 is 32.5 Å². The normalized spacial score (nSPS) is 10.6. The van der Waals surface area contributed by atoms with Gasteiger partial charge in [-0.2, -0.15) is 5.10 Å². The van der Waals surface area contributed by atoms with Gasteiger partial charge in [-0.25, -0.2) is 0 Å². The molecule has 0 saturated heterocycles. The first-order valence-corrected chi connectivity index (χ1v) is 4.48. The van der Waals surface area contributed by atoms with Crippen molar-refractivity contribution in [1.29, 1.82) is 0 Å². The van der Waals surface area contributed by atoms with Crippen LogP contribution in [0.4, 0.5) is 5.69 Å². The summed E-state index contributed by atoms with van der Waals surface area (Å²) in [6.45, 7) is 0. The second-order valence-electron chi connectivity index (χ2n) is 2.63. The first-order chi connectivity index (χ1) is 6.24. The predicted octanol–water partition coefficient (Wildman–Crippen LogP) is 1.92. The van der Waals surface area contributed by atoms with Gasteiger partial charge in [-0.15, -0.1) is 0 Å². The van der Waals surface area contributed by atoms with Crippen molar-refractivity contribution < 1.29 is 4.74 Å². The Kier molecular flexibility index (Phi) is 1.88. The van der Waals surface area contributed by atoms with Gasteiger partial charge in [-0.05, 0) is 22.0 Å². The van der Waals surface area contributed by atoms with Gasteiger partial charge in [0.05, 0.1) is 29.9 Å². The molecular formula is C8H8BrN3O. The standard InChI is InChI=1S/C8H8BrN3O/c1-13-6-2-5(9)7(10)8-4(6)3-11-12-8/h2-3H,10H2,1H3,(H,11,12). The lowest BCUT2D eigenvalue weighted by Gasteiger charge is -2.04. The lowest BCUT2D eigenvalue weighted by molar-refractivity contribution is 0.419. The number of halogens is 1. The Morgan fingerprint density at radius 2 is 2.38 bits per heavy atom. The van der Waals surface area contributed by atoms with Gasteiger partial charge >= 0.3 is 0 Å². The number of hydrogen-bond donors (Lipinski definition) is 2. The second-order valence-corrected chi connectivity index (χ2v) is 3.49. The minimum absolute atomic E-state index is 0.647. The third-order valence-electron chi connectivity index (χ3n) is 1.91. The van der Waals surface area contributed by atoms with Gasteiger partial charge in [0.25, 0.3) is 0 Å². The summed E-state index contributed by atoms with van der Waals surface area (Å²) in [5.41, 5.74) is 7.26. The lowest BCUT2D eigenvalue weighted by Crippen LogP contribution is -1.91. The summed E-state index contributed by atoms with van der Waals surface area (Å²) in [6.07, 6.45) is 1.69. The van der Waals surface area contributed by atoms with E-state index in [0.717, 1.165) is 21.1 Å². The molecule has 0 aliphatic carbocycles. The van der Waals surface area contributed by atoms with E-state index in [1.54, 1.807) is 13.3 Å². The highest BCUT2D eigenvalue weighted by Gasteiger charge is 2.09. The number of fused-ring (bicyclic) bond motifs is 1. The number of nitrogen functional groups attached to an aromatic ring is 1. The topological polar surface area (TPSA) is 63.9 Å². The molecule has 2 rings (SSSR count). The van der Waals surface area contributed by atoms with E-state index in [4.69, 9.17) is 10.5 Å². The number of rotatable bonds is 1. The molecule has 0 aliphatic heterocycles. The van der Waals surface area contributed by atoms with Gasteiger partial charge in [0, 0.05) is 4.47 Å². The molecule has 13 heavy (non-hydrogen) atoms. The Hall–Kier alpha value is -1.23. The monoisotopic (exact) mass is 241 g/mol. The molecule has 0 unspecified atom stereocenters. The number of aromatic amines is 1. The number of methoxy groups -OCH3 is 1. The summed E-state index contributed by atoms with van der Waals surface area (Å²) in [7, 11) is 1.62. The molecule has 1 heterocycles. The van der Waals surface area contributed by atoms with Crippen molar-refractivity contribution in [3.8, 4) is 5.75 Å². The van der Waals surface area contributed by atoms with Gasteiger partial charge in [-0.3, -0.25) is 5.10 Å². The van der Waals surface area contributed by atoms with Crippen LogP contribution >= 0.6 is 15.9 Å². The molecule has 4 nitrogen and oxygen atoms in total. The van der Waals surface area contributed by atoms with E-state index in [-0.39, 0.29) is 0 Å². The third kappa shape index (κ3) is 1.16. The fourth-order valence-corrected chi connectivity index (χ4v) is 1.64. The number of H-pyrrole nitrogens is 1. The minimum atomic E-state index is 0.647. The Labute approximate surface area is 83.2 Å². The Morgan fingerprint density at radius 1 is 1.62 bits per heavy atom. The van der Waals surface area contributed by atoms with Crippen LogP contribution in [0.15, 0.2) is 16.7 Å². The highest BCUT2D eigenvalue weighted by molar-refractivity contribution is 9.10. The maximum absolute atomic E-state index is 5.81. The van der Waals surface area contributed by atoms with Crippen LogP contribution in [0.1, 0.15) is 0 Å². The van der Waals surface area contributed by atoms with Crippen LogP contribution in [0.5, 0.6) is 5.75 Å². The average molecular weight is 242 g/mol. The van der Waals surface area contributed by atoms with E-state index in [1.165, 1.54) is 0 Å². The predicted molar refractivity (Wildman–Crippen MR) is 54.8 cm³/mol. The van der Waals surface area contributed by atoms with E-state index in [1.807, 2.05) is 6.07 Å². The molecule has 0 saturated carbocycles. The van der Waals surface area contributed by atoms with Crippen LogP contribution in [0, 0.1) is 0 Å². The maximum Gasteiger partial charge on any atom is 0.131 e. The first kappa shape index (κ1) is 8.37. The fourth-order valence-electron chi connectivity index (χ4n) is 1.24. The zero-order valence-corrected chi connectivity index (χ0v) is 8.55. The summed E-state index contributed by atoms with van der Waals surface area (Å²) < 4.78 is 5.98. The van der Waals surface area contributed by atoms with Gasteiger partial charge in [0.15, 0.2) is 0 Å². The third-order valence-corrected chi connectivity index (χ3v) is 2.57. The Morgan fingerprint density at radius 3 is 3.08 bits per heavy atom. The van der Waals surface area contributed by atoms with Crippen LogP contribution in [0.3, 0.4) is 0 Å². The zero-order valence-electron chi connectivity index (χ0n) is 6.97. The lowest BCUT2D eigenvalue weighted by atomic mass is 10.2. The summed E-state index contributed by atoms with van der Waals surface area (Å²) >= 11 is 3.34. The molecule has 0 spiro atoms. The van der Waals surface area contributed by atoms with Gasteiger partial charge in [0.1, 0.15) is 5.75 Å². The summed E-state index contributed by atoms with van der Waals surface area (Å²) in [5, 5.41) is 7.62. The van der Waals surface area contributed by atoms with Gasteiger partial charge < -0.3 is 10.5 Å². The van der Waals surface area contributed by atoms with Gasteiger partial charge in [-0.1, -0.05) is 0 Å². The summed E-state index contributed by atoms with van der Waals surface area (Å²) in [5.74, 6) is 0.754. The number of nitrogens with one attached hydrogen (secondary N) is 1. The molecule has 0 atom stereocenters. The molecule has 1 aromatic carbocycles. The molecule has 1 aromatic heterocycles. The van der Waals surface area contributed by atoms with Crippen molar-refractivity contribution in [2.45, 2.75) is 0 Å². The van der Waals surface area contributed by atoms with Crippen molar-refractivity contribution in [3.05, 3.63) is 16.7 Å². The maximum atomic E-state index is 5.81. The van der Waals surface area contributed by atoms with E-state index < -0.39 is 0 Å². The average Bonchev–Trinajstić information content (AvgIpc) is 2.60. The highest BCUT2D eigenvalue weighted by Crippen LogP contribution is 2.34. The fraction of sp³-hybridized carbons (Fsp3) is 0.125. The van der Waals surface area contributed by atoms with E-state index in [2.05, 4.69) is 26.1 Å². The summed E-state index contributed by atoms with van der Waals surface area (Å²) in [4.78, 5) is 0. The molecule has 0 bridgehead atoms. The van der Waals surface area contributed by atoms with Crippen molar-refractivity contribution in [1.82, 2.24) is 10.2 Å². The molecule has 0 amide bonds. The molecule has 2 aromatic rings. The molecule has 5 heteroatoms. The molecule has 0 radical (unpaired) electrons. The first-order valence-electron chi connectivity index (χ1n) is 3.69. The highest BCUT2D eigenvalue weighted by atomic mass is 79.9. The van der Waals surface area contributed by atoms with E-state index in [9.17, 15) is 0 Å². The number of nitrogens with zero attached hydrogens (tertiary/aromatic N) is 1. The van der Waals surface area contributed by atoms with Crippen molar-refractivity contribution in [2.24, 2.45) is 0 Å². The molecular weight excluding hydrogens is 234 g/mol. The molecule has 68 valence electrons. The van der Waals surface area contributed by atoms with E-state index in [0.29, 0.717) is 5.69 Å². The van der Waals surface area contributed by atoms with Crippen LogP contribution in [0.25, 0.3) is 10.9 Å². The van der Waals surface area contributed by atoms with Crippen molar-refractivity contribution in [3.63, 3.8) is 0 Å². The summed E-state index contributed by atoms with van der Waals surface area (Å²) in [6, 6.07) is 1.83. The van der Waals surface area contributed by atoms with Crippen LogP contribution in [-0.2, 0) is 0 Å². The van der Waals surface area contributed by atoms with Gasteiger partial charge in [0.2, 0.25) is 0 Å². The molecule has 0 aliphatic rings. The van der Waals surface area contributed by atoms with Crippen LogP contribution in [0.2, 0.25) is 0 Å². The number of hydrogen-bond acceptors (Lipinski definition) is 3. The molecule has 0 fully saturated rings. The number of ether oxygens (including phenoxy) is 1. The molecule has 3 N–H and O–H groups in total. The zero-order chi connectivity index (χ0) is 9.42. The van der Waals surface area contributed by atoms with Crippen LogP contribution in [-0.4, -0.2) is 17.3 Å². The second kappa shape index (κ2) is 2.92. The SMILES string of the molecule is COc1cc(Br)c(N)c2[nH]ncc12. The quantitative estimate of drug-likeness (QED) is 0.751. The van der Waals surface area contributed by atoms with Crippen molar-refractivity contribution in [2.75, 3.05) is 12.8 Å². The van der Waals surface area contributed by atoms with E-state index >= 15 is 0 Å². The number of aromatic nitrogens is 2. The smallest absolute Gasteiger partial charge is 0.131 e. The minimum Gasteiger partial charge on any atom is -0.496 e. The number of anilines is 1. The number of nitrogens with two attached hydrogens (primary N) is 1. The largest absolute Gasteiger partial charge is 0.496 e. The Bertz CT molecular complexity index is 452. The van der Waals surface area contributed by atoms with Crippen LogP contribution < -0.4 is 10.5 Å². The Balaban J connectivity index is 2.87.